The quantitative estimate of drug-likeness (QED) is 0.381. The minimum absolute atomic E-state index is 0.191. The summed E-state index contributed by atoms with van der Waals surface area (Å²) < 4.78 is 4.86. The van der Waals surface area contributed by atoms with Crippen LogP contribution >= 0.6 is 0 Å². The van der Waals surface area contributed by atoms with Gasteiger partial charge >= 0.3 is 5.97 Å². The van der Waals surface area contributed by atoms with Gasteiger partial charge in [0.05, 0.1) is 12.2 Å². The molecule has 0 heterocycles. The lowest BCUT2D eigenvalue weighted by molar-refractivity contribution is -0.138. The summed E-state index contributed by atoms with van der Waals surface area (Å²) in [6, 6.07) is 8.79. The molecular formula is C15H17NO3. The van der Waals surface area contributed by atoms with E-state index in [9.17, 15) is 9.59 Å². The Kier molecular flexibility index (Phi) is 5.54. The van der Waals surface area contributed by atoms with Crippen LogP contribution in [0.4, 0.5) is 0 Å². The number of hydrogen-bond donors (Lipinski definition) is 1. The third kappa shape index (κ3) is 4.43. The monoisotopic (exact) mass is 259 g/mol. The van der Waals surface area contributed by atoms with E-state index in [0.29, 0.717) is 11.3 Å². The third-order valence-electron chi connectivity index (χ3n) is 2.38. The predicted octanol–water partition coefficient (Wildman–Crippen LogP) is 2.22. The Morgan fingerprint density at radius 3 is 2.37 bits per heavy atom. The minimum atomic E-state index is -0.528. The van der Waals surface area contributed by atoms with Crippen molar-refractivity contribution >= 4 is 11.8 Å². The summed E-state index contributed by atoms with van der Waals surface area (Å²) in [6.07, 6.45) is 2.71. The summed E-state index contributed by atoms with van der Waals surface area (Å²) in [6.45, 7) is 3.56. The van der Waals surface area contributed by atoms with Crippen molar-refractivity contribution in [3.05, 3.63) is 59.3 Å². The minimum Gasteiger partial charge on any atom is -0.462 e. The topological polar surface area (TPSA) is 69.4 Å². The third-order valence-corrected chi connectivity index (χ3v) is 2.38. The average Bonchev–Trinajstić information content (AvgIpc) is 2.39. The van der Waals surface area contributed by atoms with Crippen molar-refractivity contribution < 1.29 is 14.3 Å². The van der Waals surface area contributed by atoms with E-state index in [4.69, 9.17) is 10.5 Å². The Hall–Kier alpha value is -2.36. The SMILES string of the molecule is CCOC(=O)C(/C=C/C(=O)c1ccccc1)=C(\C)N. The van der Waals surface area contributed by atoms with Crippen LogP contribution in [0.15, 0.2) is 53.8 Å². The van der Waals surface area contributed by atoms with Gasteiger partial charge in [0.2, 0.25) is 0 Å². The van der Waals surface area contributed by atoms with Crippen molar-refractivity contribution in [2.45, 2.75) is 13.8 Å². The Balaban J connectivity index is 2.87. The zero-order valence-electron chi connectivity index (χ0n) is 11.1. The van der Waals surface area contributed by atoms with E-state index in [1.165, 1.54) is 12.2 Å². The Labute approximate surface area is 112 Å². The molecule has 0 fully saturated rings. The number of rotatable bonds is 5. The maximum Gasteiger partial charge on any atom is 0.339 e. The van der Waals surface area contributed by atoms with Gasteiger partial charge in [0.25, 0.3) is 0 Å². The fraction of sp³-hybridized carbons (Fsp3) is 0.200. The van der Waals surface area contributed by atoms with Gasteiger partial charge in [-0.3, -0.25) is 4.79 Å². The molecule has 0 saturated carbocycles. The molecule has 4 nitrogen and oxygen atoms in total. The molecule has 1 aromatic rings. The van der Waals surface area contributed by atoms with E-state index < -0.39 is 5.97 Å². The molecule has 0 spiro atoms. The second kappa shape index (κ2) is 7.16. The predicted molar refractivity (Wildman–Crippen MR) is 73.4 cm³/mol. The molecule has 100 valence electrons. The van der Waals surface area contributed by atoms with Crippen molar-refractivity contribution in [2.24, 2.45) is 5.73 Å². The number of allylic oxidation sites excluding steroid dienone is 2. The normalized spacial score (nSPS) is 12.1. The summed E-state index contributed by atoms with van der Waals surface area (Å²) in [7, 11) is 0. The highest BCUT2D eigenvalue weighted by molar-refractivity contribution is 6.06. The maximum atomic E-state index is 11.8. The van der Waals surface area contributed by atoms with Crippen molar-refractivity contribution in [1.29, 1.82) is 0 Å². The van der Waals surface area contributed by atoms with E-state index in [1.807, 2.05) is 6.07 Å². The fourth-order valence-electron chi connectivity index (χ4n) is 1.43. The number of ether oxygens (including phenoxy) is 1. The zero-order chi connectivity index (χ0) is 14.3. The average molecular weight is 259 g/mol. The van der Waals surface area contributed by atoms with Crippen LogP contribution < -0.4 is 5.73 Å². The van der Waals surface area contributed by atoms with Crippen LogP contribution in [0.5, 0.6) is 0 Å². The molecule has 0 bridgehead atoms. The Bertz CT molecular complexity index is 511. The van der Waals surface area contributed by atoms with E-state index in [-0.39, 0.29) is 18.0 Å². The molecule has 0 saturated heterocycles. The van der Waals surface area contributed by atoms with Gasteiger partial charge in [-0.05, 0) is 26.0 Å². The van der Waals surface area contributed by atoms with Crippen LogP contribution in [0.2, 0.25) is 0 Å². The Morgan fingerprint density at radius 2 is 1.84 bits per heavy atom. The van der Waals surface area contributed by atoms with Gasteiger partial charge in [0, 0.05) is 11.3 Å². The smallest absolute Gasteiger partial charge is 0.339 e. The largest absolute Gasteiger partial charge is 0.462 e. The number of hydrogen-bond acceptors (Lipinski definition) is 4. The van der Waals surface area contributed by atoms with E-state index in [2.05, 4.69) is 0 Å². The summed E-state index contributed by atoms with van der Waals surface area (Å²) in [5, 5.41) is 0. The van der Waals surface area contributed by atoms with Gasteiger partial charge in [-0.1, -0.05) is 30.3 Å². The number of carbonyl (C=O) groups excluding carboxylic acids is 2. The first-order valence-electron chi connectivity index (χ1n) is 5.97. The zero-order valence-corrected chi connectivity index (χ0v) is 11.1. The van der Waals surface area contributed by atoms with Crippen LogP contribution in [0, 0.1) is 0 Å². The summed E-state index contributed by atoms with van der Waals surface area (Å²) in [4.78, 5) is 23.5. The fourth-order valence-corrected chi connectivity index (χ4v) is 1.43. The van der Waals surface area contributed by atoms with Crippen LogP contribution in [-0.2, 0) is 9.53 Å². The number of esters is 1. The lowest BCUT2D eigenvalue weighted by atomic mass is 10.1. The second-order valence-corrected chi connectivity index (χ2v) is 3.88. The highest BCUT2D eigenvalue weighted by Crippen LogP contribution is 2.07. The summed E-state index contributed by atoms with van der Waals surface area (Å²) >= 11 is 0. The standard InChI is InChI=1S/C15H17NO3/c1-3-19-15(18)13(11(2)16)9-10-14(17)12-7-5-4-6-8-12/h4-10H,3,16H2,1-2H3/b10-9+,13-11+. The highest BCUT2D eigenvalue weighted by Gasteiger charge is 2.10. The van der Waals surface area contributed by atoms with Crippen molar-refractivity contribution in [1.82, 2.24) is 0 Å². The van der Waals surface area contributed by atoms with E-state index in [0.717, 1.165) is 0 Å². The number of ketones is 1. The van der Waals surface area contributed by atoms with Gasteiger partial charge in [-0.15, -0.1) is 0 Å². The van der Waals surface area contributed by atoms with Gasteiger partial charge in [0.1, 0.15) is 0 Å². The maximum absolute atomic E-state index is 11.8. The van der Waals surface area contributed by atoms with Crippen LogP contribution in [-0.4, -0.2) is 18.4 Å². The molecule has 4 heteroatoms. The number of carbonyl (C=O) groups is 2. The molecule has 0 aliphatic rings. The van der Waals surface area contributed by atoms with Gasteiger partial charge in [-0.2, -0.15) is 0 Å². The second-order valence-electron chi connectivity index (χ2n) is 3.88. The van der Waals surface area contributed by atoms with Crippen LogP contribution in [0.3, 0.4) is 0 Å². The molecule has 0 aliphatic heterocycles. The first-order valence-corrected chi connectivity index (χ1v) is 5.97. The molecule has 1 rings (SSSR count). The Morgan fingerprint density at radius 1 is 1.21 bits per heavy atom. The molecule has 0 unspecified atom stereocenters. The number of nitrogens with two attached hydrogens (primary N) is 1. The molecule has 0 aromatic heterocycles. The molecule has 2 N–H and O–H groups in total. The lowest BCUT2D eigenvalue weighted by Crippen LogP contribution is -2.11. The van der Waals surface area contributed by atoms with E-state index >= 15 is 0 Å². The number of benzene rings is 1. The molecule has 0 amide bonds. The van der Waals surface area contributed by atoms with Gasteiger partial charge in [-0.25, -0.2) is 4.79 Å². The highest BCUT2D eigenvalue weighted by atomic mass is 16.5. The van der Waals surface area contributed by atoms with Crippen LogP contribution in [0.25, 0.3) is 0 Å². The van der Waals surface area contributed by atoms with Crippen molar-refractivity contribution in [2.75, 3.05) is 6.61 Å². The molecule has 19 heavy (non-hydrogen) atoms. The van der Waals surface area contributed by atoms with Crippen molar-refractivity contribution in [3.8, 4) is 0 Å². The van der Waals surface area contributed by atoms with Crippen LogP contribution in [0.1, 0.15) is 24.2 Å². The first-order chi connectivity index (χ1) is 9.06. The molecule has 0 radical (unpaired) electrons. The summed E-state index contributed by atoms with van der Waals surface area (Å²) in [5.41, 5.74) is 6.68. The van der Waals surface area contributed by atoms with Gasteiger partial charge in [0.15, 0.2) is 5.78 Å². The van der Waals surface area contributed by atoms with Gasteiger partial charge < -0.3 is 10.5 Å². The first kappa shape index (κ1) is 14.7. The van der Waals surface area contributed by atoms with E-state index in [1.54, 1.807) is 38.1 Å². The molecule has 1 aromatic carbocycles. The molecule has 0 atom stereocenters. The van der Waals surface area contributed by atoms with Crippen molar-refractivity contribution in [3.63, 3.8) is 0 Å². The molecule has 0 aliphatic carbocycles. The molecular weight excluding hydrogens is 242 g/mol. The lowest BCUT2D eigenvalue weighted by Gasteiger charge is -2.04. The summed E-state index contributed by atoms with van der Waals surface area (Å²) in [5.74, 6) is -0.719.